The maximum atomic E-state index is 6.15. The SMILES string of the molecule is Clc1ccccc1COc1ccc(-c2noc(COc3ccc(Br)cc3)n2)cc1. The molecule has 0 spiro atoms. The first kappa shape index (κ1) is 19.5. The van der Waals surface area contributed by atoms with Gasteiger partial charge in [-0.05, 0) is 54.6 Å². The monoisotopic (exact) mass is 470 g/mol. The minimum atomic E-state index is 0.202. The predicted octanol–water partition coefficient (Wildman–Crippen LogP) is 6.31. The van der Waals surface area contributed by atoms with E-state index in [0.29, 0.717) is 23.3 Å². The maximum absolute atomic E-state index is 6.15. The van der Waals surface area contributed by atoms with Gasteiger partial charge in [0, 0.05) is 20.6 Å². The lowest BCUT2D eigenvalue weighted by molar-refractivity contribution is 0.243. The molecule has 0 amide bonds. The minimum Gasteiger partial charge on any atom is -0.489 e. The van der Waals surface area contributed by atoms with Gasteiger partial charge < -0.3 is 14.0 Å². The van der Waals surface area contributed by atoms with Crippen LogP contribution in [0.2, 0.25) is 5.02 Å². The molecule has 7 heteroatoms. The zero-order chi connectivity index (χ0) is 20.1. The van der Waals surface area contributed by atoms with Gasteiger partial charge in [0.15, 0.2) is 6.61 Å². The van der Waals surface area contributed by atoms with Crippen molar-refractivity contribution in [1.82, 2.24) is 10.1 Å². The van der Waals surface area contributed by atoms with Crippen molar-refractivity contribution in [2.45, 2.75) is 13.2 Å². The van der Waals surface area contributed by atoms with Crippen LogP contribution < -0.4 is 9.47 Å². The molecule has 0 saturated heterocycles. The van der Waals surface area contributed by atoms with Crippen molar-refractivity contribution in [2.24, 2.45) is 0 Å². The molecule has 0 unspecified atom stereocenters. The fourth-order valence-corrected chi connectivity index (χ4v) is 3.04. The highest BCUT2D eigenvalue weighted by Crippen LogP contribution is 2.23. The molecule has 0 fully saturated rings. The van der Waals surface area contributed by atoms with E-state index in [4.69, 9.17) is 25.6 Å². The predicted molar refractivity (Wildman–Crippen MR) is 114 cm³/mol. The van der Waals surface area contributed by atoms with Crippen LogP contribution in [0.15, 0.2) is 81.8 Å². The number of ether oxygens (including phenoxy) is 2. The second kappa shape index (κ2) is 9.11. The molecule has 0 saturated carbocycles. The summed E-state index contributed by atoms with van der Waals surface area (Å²) in [7, 11) is 0. The Morgan fingerprint density at radius 2 is 1.48 bits per heavy atom. The molecule has 5 nitrogen and oxygen atoms in total. The minimum absolute atomic E-state index is 0.202. The van der Waals surface area contributed by atoms with Gasteiger partial charge in [0.25, 0.3) is 5.89 Å². The van der Waals surface area contributed by atoms with Gasteiger partial charge in [-0.25, -0.2) is 0 Å². The van der Waals surface area contributed by atoms with E-state index in [1.54, 1.807) is 0 Å². The molecule has 29 heavy (non-hydrogen) atoms. The van der Waals surface area contributed by atoms with Crippen molar-refractivity contribution in [1.29, 1.82) is 0 Å². The van der Waals surface area contributed by atoms with Crippen molar-refractivity contribution in [2.75, 3.05) is 0 Å². The average Bonchev–Trinajstić information content (AvgIpc) is 3.22. The molecular formula is C22H16BrClN2O3. The Bertz CT molecular complexity index is 1080. The van der Waals surface area contributed by atoms with E-state index < -0.39 is 0 Å². The lowest BCUT2D eigenvalue weighted by Crippen LogP contribution is -1.96. The molecule has 0 radical (unpaired) electrons. The van der Waals surface area contributed by atoms with Crippen molar-refractivity contribution in [3.8, 4) is 22.9 Å². The molecule has 4 rings (SSSR count). The van der Waals surface area contributed by atoms with Crippen molar-refractivity contribution >= 4 is 27.5 Å². The third-order valence-corrected chi connectivity index (χ3v) is 5.01. The van der Waals surface area contributed by atoms with Crippen molar-refractivity contribution in [3.63, 3.8) is 0 Å². The van der Waals surface area contributed by atoms with E-state index >= 15 is 0 Å². The van der Waals surface area contributed by atoms with Crippen LogP contribution in [0.25, 0.3) is 11.4 Å². The lowest BCUT2D eigenvalue weighted by atomic mass is 10.2. The number of hydrogen-bond acceptors (Lipinski definition) is 5. The van der Waals surface area contributed by atoms with Crippen LogP contribution in [-0.2, 0) is 13.2 Å². The highest BCUT2D eigenvalue weighted by molar-refractivity contribution is 9.10. The Labute approximate surface area is 181 Å². The molecule has 1 heterocycles. The van der Waals surface area contributed by atoms with Gasteiger partial charge in [0.2, 0.25) is 5.82 Å². The number of benzene rings is 3. The maximum Gasteiger partial charge on any atom is 0.264 e. The molecule has 4 aromatic rings. The third-order valence-electron chi connectivity index (χ3n) is 4.11. The summed E-state index contributed by atoms with van der Waals surface area (Å²) in [4.78, 5) is 4.38. The molecule has 0 aliphatic rings. The van der Waals surface area contributed by atoms with Crippen LogP contribution in [-0.4, -0.2) is 10.1 Å². The standard InChI is InChI=1S/C22H16BrClN2O3/c23-17-7-11-19(12-8-17)28-14-21-25-22(26-29-21)15-5-9-18(10-6-15)27-13-16-3-1-2-4-20(16)24/h1-12H,13-14H2. The highest BCUT2D eigenvalue weighted by atomic mass is 79.9. The van der Waals surface area contributed by atoms with Crippen LogP contribution >= 0.6 is 27.5 Å². The van der Waals surface area contributed by atoms with E-state index in [9.17, 15) is 0 Å². The van der Waals surface area contributed by atoms with E-state index in [-0.39, 0.29) is 6.61 Å². The Morgan fingerprint density at radius 3 is 2.21 bits per heavy atom. The van der Waals surface area contributed by atoms with E-state index in [2.05, 4.69) is 26.1 Å². The number of halogens is 2. The van der Waals surface area contributed by atoms with Gasteiger partial charge in [0.05, 0.1) is 0 Å². The molecule has 0 bridgehead atoms. The first-order valence-electron chi connectivity index (χ1n) is 8.85. The summed E-state index contributed by atoms with van der Waals surface area (Å²) >= 11 is 9.54. The number of hydrogen-bond donors (Lipinski definition) is 0. The molecule has 3 aromatic carbocycles. The number of nitrogens with zero attached hydrogens (tertiary/aromatic N) is 2. The molecule has 146 valence electrons. The smallest absolute Gasteiger partial charge is 0.264 e. The first-order chi connectivity index (χ1) is 14.2. The molecular weight excluding hydrogens is 456 g/mol. The summed E-state index contributed by atoms with van der Waals surface area (Å²) in [5.74, 6) is 2.36. The Balaban J connectivity index is 1.35. The summed E-state index contributed by atoms with van der Waals surface area (Å²) < 4.78 is 17.7. The molecule has 1 aromatic heterocycles. The second-order valence-electron chi connectivity index (χ2n) is 6.16. The summed E-state index contributed by atoms with van der Waals surface area (Å²) in [5, 5.41) is 4.70. The van der Waals surface area contributed by atoms with Gasteiger partial charge in [0.1, 0.15) is 18.1 Å². The van der Waals surface area contributed by atoms with Gasteiger partial charge in [-0.2, -0.15) is 4.98 Å². The third kappa shape index (κ3) is 5.16. The van der Waals surface area contributed by atoms with E-state index in [1.165, 1.54) is 0 Å². The summed E-state index contributed by atoms with van der Waals surface area (Å²) in [6, 6.07) is 22.6. The molecule has 0 aliphatic heterocycles. The topological polar surface area (TPSA) is 57.4 Å². The fraction of sp³-hybridized carbons (Fsp3) is 0.0909. The highest BCUT2D eigenvalue weighted by Gasteiger charge is 2.10. The van der Waals surface area contributed by atoms with Crippen molar-refractivity contribution in [3.05, 3.63) is 93.7 Å². The van der Waals surface area contributed by atoms with Crippen LogP contribution in [0.4, 0.5) is 0 Å². The normalized spacial score (nSPS) is 10.7. The molecule has 0 atom stereocenters. The Hall–Kier alpha value is -2.83. The summed E-state index contributed by atoms with van der Waals surface area (Å²) in [6.45, 7) is 0.604. The van der Waals surface area contributed by atoms with Gasteiger partial charge in [-0.1, -0.05) is 50.9 Å². The van der Waals surface area contributed by atoms with Crippen LogP contribution in [0.1, 0.15) is 11.5 Å². The van der Waals surface area contributed by atoms with Crippen LogP contribution in [0, 0.1) is 0 Å². The number of rotatable bonds is 7. The Kier molecular flexibility index (Phi) is 6.12. The largest absolute Gasteiger partial charge is 0.489 e. The van der Waals surface area contributed by atoms with Crippen molar-refractivity contribution < 1.29 is 14.0 Å². The lowest BCUT2D eigenvalue weighted by Gasteiger charge is -2.07. The van der Waals surface area contributed by atoms with Crippen LogP contribution in [0.3, 0.4) is 0 Å². The zero-order valence-corrected chi connectivity index (χ0v) is 17.6. The zero-order valence-electron chi connectivity index (χ0n) is 15.2. The first-order valence-corrected chi connectivity index (χ1v) is 10.0. The molecule has 0 aliphatic carbocycles. The average molecular weight is 472 g/mol. The summed E-state index contributed by atoms with van der Waals surface area (Å²) in [6.07, 6.45) is 0. The Morgan fingerprint density at radius 1 is 0.828 bits per heavy atom. The molecule has 0 N–H and O–H groups in total. The van der Waals surface area contributed by atoms with Gasteiger partial charge in [-0.15, -0.1) is 0 Å². The number of aromatic nitrogens is 2. The quantitative estimate of drug-likeness (QED) is 0.316. The van der Waals surface area contributed by atoms with Gasteiger partial charge >= 0.3 is 0 Å². The van der Waals surface area contributed by atoms with Crippen LogP contribution in [0.5, 0.6) is 11.5 Å². The van der Waals surface area contributed by atoms with Gasteiger partial charge in [-0.3, -0.25) is 0 Å². The van der Waals surface area contributed by atoms with E-state index in [1.807, 2.05) is 72.8 Å². The second-order valence-corrected chi connectivity index (χ2v) is 7.48. The van der Waals surface area contributed by atoms with E-state index in [0.717, 1.165) is 27.1 Å². The fourth-order valence-electron chi connectivity index (χ4n) is 2.58. The summed E-state index contributed by atoms with van der Waals surface area (Å²) in [5.41, 5.74) is 1.76.